The maximum Gasteiger partial charge on any atom is 0.158 e. The Bertz CT molecular complexity index is 152. The van der Waals surface area contributed by atoms with E-state index >= 15 is 0 Å². The van der Waals surface area contributed by atoms with Crippen LogP contribution in [0.1, 0.15) is 33.1 Å². The van der Waals surface area contributed by atoms with Gasteiger partial charge in [0.2, 0.25) is 0 Å². The summed E-state index contributed by atoms with van der Waals surface area (Å²) < 4.78 is 10.8. The van der Waals surface area contributed by atoms with E-state index in [0.29, 0.717) is 6.04 Å². The van der Waals surface area contributed by atoms with Crippen LogP contribution in [-0.4, -0.2) is 44.0 Å². The molecule has 1 saturated heterocycles. The zero-order valence-electron chi connectivity index (χ0n) is 9.66. The lowest BCUT2D eigenvalue weighted by molar-refractivity contribution is -0.120. The second-order valence-corrected chi connectivity index (χ2v) is 4.01. The average Bonchev–Trinajstić information content (AvgIpc) is 2.37. The van der Waals surface area contributed by atoms with Gasteiger partial charge in [0, 0.05) is 26.1 Å². The topological polar surface area (TPSA) is 21.7 Å². The summed E-state index contributed by atoms with van der Waals surface area (Å²) in [4.78, 5) is 2.50. The Morgan fingerprint density at radius 1 is 1.50 bits per heavy atom. The van der Waals surface area contributed by atoms with Crippen molar-refractivity contribution < 1.29 is 9.47 Å². The number of methoxy groups -OCH3 is 1. The summed E-state index contributed by atoms with van der Waals surface area (Å²) in [5.41, 5.74) is 0. The normalized spacial score (nSPS) is 30.2. The van der Waals surface area contributed by atoms with Gasteiger partial charge in [-0.25, -0.2) is 0 Å². The van der Waals surface area contributed by atoms with Crippen molar-refractivity contribution in [3.63, 3.8) is 0 Å². The molecule has 3 heteroatoms. The van der Waals surface area contributed by atoms with Crippen molar-refractivity contribution in [3.8, 4) is 0 Å². The molecule has 14 heavy (non-hydrogen) atoms. The SMILES string of the molecule is CCCCN1CCO[C@@H](OC)CC1C. The quantitative estimate of drug-likeness (QED) is 0.693. The van der Waals surface area contributed by atoms with E-state index in [-0.39, 0.29) is 6.29 Å². The van der Waals surface area contributed by atoms with Crippen LogP contribution in [0.3, 0.4) is 0 Å². The molecule has 0 radical (unpaired) electrons. The fourth-order valence-electron chi connectivity index (χ4n) is 1.88. The number of unbranched alkanes of at least 4 members (excludes halogenated alkanes) is 1. The van der Waals surface area contributed by atoms with Crippen molar-refractivity contribution in [3.05, 3.63) is 0 Å². The first-order valence-corrected chi connectivity index (χ1v) is 5.66. The van der Waals surface area contributed by atoms with Crippen LogP contribution >= 0.6 is 0 Å². The van der Waals surface area contributed by atoms with Gasteiger partial charge in [0.25, 0.3) is 0 Å². The molecule has 0 aliphatic carbocycles. The van der Waals surface area contributed by atoms with Crippen LogP contribution in [0, 0.1) is 0 Å². The van der Waals surface area contributed by atoms with E-state index in [0.717, 1.165) is 19.6 Å². The largest absolute Gasteiger partial charge is 0.356 e. The Morgan fingerprint density at radius 2 is 2.29 bits per heavy atom. The third kappa shape index (κ3) is 3.56. The molecule has 2 atom stereocenters. The molecule has 0 saturated carbocycles. The van der Waals surface area contributed by atoms with Crippen LogP contribution in [0.4, 0.5) is 0 Å². The maximum absolute atomic E-state index is 5.57. The Hall–Kier alpha value is -0.120. The summed E-state index contributed by atoms with van der Waals surface area (Å²) in [5.74, 6) is 0. The van der Waals surface area contributed by atoms with Crippen LogP contribution in [0.25, 0.3) is 0 Å². The summed E-state index contributed by atoms with van der Waals surface area (Å²) >= 11 is 0. The van der Waals surface area contributed by atoms with Gasteiger partial charge in [-0.05, 0) is 19.9 Å². The highest BCUT2D eigenvalue weighted by molar-refractivity contribution is 4.71. The Morgan fingerprint density at radius 3 is 2.93 bits per heavy atom. The van der Waals surface area contributed by atoms with Crippen molar-refractivity contribution in [2.24, 2.45) is 0 Å². The number of hydrogen-bond acceptors (Lipinski definition) is 3. The number of hydrogen-bond donors (Lipinski definition) is 0. The van der Waals surface area contributed by atoms with Gasteiger partial charge in [-0.1, -0.05) is 13.3 Å². The molecule has 0 aromatic rings. The molecule has 84 valence electrons. The Labute approximate surface area is 87.4 Å². The first-order chi connectivity index (χ1) is 6.77. The zero-order chi connectivity index (χ0) is 10.4. The van der Waals surface area contributed by atoms with Crippen molar-refractivity contribution >= 4 is 0 Å². The van der Waals surface area contributed by atoms with E-state index in [9.17, 15) is 0 Å². The average molecular weight is 201 g/mol. The van der Waals surface area contributed by atoms with Gasteiger partial charge in [-0.3, -0.25) is 4.90 Å². The highest BCUT2D eigenvalue weighted by Gasteiger charge is 2.22. The van der Waals surface area contributed by atoms with Crippen LogP contribution in [0.15, 0.2) is 0 Å². The standard InChI is InChI=1S/C11H23NO2/c1-4-5-6-12-7-8-14-11(13-3)9-10(12)2/h10-11H,4-9H2,1-3H3/t10?,11-/m1/s1. The summed E-state index contributed by atoms with van der Waals surface area (Å²) in [7, 11) is 1.72. The molecule has 0 spiro atoms. The molecule has 0 aromatic carbocycles. The van der Waals surface area contributed by atoms with E-state index in [4.69, 9.17) is 9.47 Å². The zero-order valence-corrected chi connectivity index (χ0v) is 9.66. The smallest absolute Gasteiger partial charge is 0.158 e. The van der Waals surface area contributed by atoms with E-state index in [1.165, 1.54) is 19.4 Å². The van der Waals surface area contributed by atoms with E-state index in [1.54, 1.807) is 7.11 Å². The molecule has 0 amide bonds. The molecular weight excluding hydrogens is 178 g/mol. The molecule has 0 N–H and O–H groups in total. The summed E-state index contributed by atoms with van der Waals surface area (Å²) in [5, 5.41) is 0. The summed E-state index contributed by atoms with van der Waals surface area (Å²) in [6.45, 7) is 7.53. The molecular formula is C11H23NO2. The lowest BCUT2D eigenvalue weighted by Gasteiger charge is -2.26. The molecule has 1 fully saturated rings. The van der Waals surface area contributed by atoms with Gasteiger partial charge < -0.3 is 9.47 Å². The monoisotopic (exact) mass is 201 g/mol. The second kappa shape index (κ2) is 6.38. The Kier molecular flexibility index (Phi) is 5.45. The van der Waals surface area contributed by atoms with Gasteiger partial charge in [0.05, 0.1) is 6.61 Å². The number of rotatable bonds is 4. The lowest BCUT2D eigenvalue weighted by Crippen LogP contribution is -2.35. The number of nitrogens with zero attached hydrogens (tertiary/aromatic N) is 1. The van der Waals surface area contributed by atoms with Crippen LogP contribution in [0.5, 0.6) is 0 Å². The first kappa shape index (κ1) is 12.0. The first-order valence-electron chi connectivity index (χ1n) is 5.66. The lowest BCUT2D eigenvalue weighted by atomic mass is 10.2. The molecule has 1 aliphatic rings. The molecule has 0 bridgehead atoms. The van der Waals surface area contributed by atoms with Gasteiger partial charge in [0.1, 0.15) is 0 Å². The van der Waals surface area contributed by atoms with Gasteiger partial charge >= 0.3 is 0 Å². The van der Waals surface area contributed by atoms with Crippen LogP contribution in [-0.2, 0) is 9.47 Å². The Balaban J connectivity index is 2.36. The van der Waals surface area contributed by atoms with Gasteiger partial charge in [0.15, 0.2) is 6.29 Å². The minimum atomic E-state index is -0.00312. The highest BCUT2D eigenvalue weighted by atomic mass is 16.7. The number of ether oxygens (including phenoxy) is 2. The molecule has 1 unspecified atom stereocenters. The summed E-state index contributed by atoms with van der Waals surface area (Å²) in [6, 6.07) is 0.578. The highest BCUT2D eigenvalue weighted by Crippen LogP contribution is 2.14. The third-order valence-corrected chi connectivity index (χ3v) is 2.90. The van der Waals surface area contributed by atoms with Crippen molar-refractivity contribution in [1.82, 2.24) is 4.90 Å². The van der Waals surface area contributed by atoms with E-state index in [1.807, 2.05) is 0 Å². The minimum Gasteiger partial charge on any atom is -0.356 e. The third-order valence-electron chi connectivity index (χ3n) is 2.90. The van der Waals surface area contributed by atoms with E-state index < -0.39 is 0 Å². The van der Waals surface area contributed by atoms with Crippen molar-refractivity contribution in [2.75, 3.05) is 26.8 Å². The molecule has 3 nitrogen and oxygen atoms in total. The van der Waals surface area contributed by atoms with Crippen LogP contribution in [0.2, 0.25) is 0 Å². The van der Waals surface area contributed by atoms with Crippen LogP contribution < -0.4 is 0 Å². The van der Waals surface area contributed by atoms with Gasteiger partial charge in [-0.2, -0.15) is 0 Å². The molecule has 0 aromatic heterocycles. The summed E-state index contributed by atoms with van der Waals surface area (Å²) in [6.07, 6.45) is 3.52. The van der Waals surface area contributed by atoms with Gasteiger partial charge in [-0.15, -0.1) is 0 Å². The fraction of sp³-hybridized carbons (Fsp3) is 1.00. The molecule has 1 aliphatic heterocycles. The van der Waals surface area contributed by atoms with Crippen molar-refractivity contribution in [1.29, 1.82) is 0 Å². The minimum absolute atomic E-state index is 0.00312. The maximum atomic E-state index is 5.57. The molecule has 1 rings (SSSR count). The fourth-order valence-corrected chi connectivity index (χ4v) is 1.88. The van der Waals surface area contributed by atoms with E-state index in [2.05, 4.69) is 18.7 Å². The second-order valence-electron chi connectivity index (χ2n) is 4.01. The van der Waals surface area contributed by atoms with Crippen molar-refractivity contribution in [2.45, 2.75) is 45.4 Å². The molecule has 1 heterocycles. The predicted octanol–water partition coefficient (Wildman–Crippen LogP) is 1.87. The predicted molar refractivity (Wildman–Crippen MR) is 57.3 cm³/mol.